The third kappa shape index (κ3) is 2.14. The molecule has 0 amide bonds. The molecule has 0 saturated heterocycles. The molecule has 0 aliphatic carbocycles. The molecule has 0 unspecified atom stereocenters. The summed E-state index contributed by atoms with van der Waals surface area (Å²) >= 11 is 0. The van der Waals surface area contributed by atoms with Crippen LogP contribution in [0.25, 0.3) is 0 Å². The summed E-state index contributed by atoms with van der Waals surface area (Å²) in [6.45, 7) is 2.12. The van der Waals surface area contributed by atoms with Gasteiger partial charge in [-0.15, -0.1) is 0 Å². The van der Waals surface area contributed by atoms with Crippen LogP contribution in [-0.2, 0) is 0 Å². The van der Waals surface area contributed by atoms with Gasteiger partial charge in [-0.05, 0) is 6.92 Å². The molecule has 0 saturated carbocycles. The number of halogens is 1. The number of carbonyl (C=O) groups is 1. The van der Waals surface area contributed by atoms with Gasteiger partial charge in [-0.3, -0.25) is 0 Å². The summed E-state index contributed by atoms with van der Waals surface area (Å²) in [6.07, 6.45) is 1.14. The minimum atomic E-state index is -1.36. The number of aromatic carboxylic acids is 1. The van der Waals surface area contributed by atoms with E-state index in [1.54, 1.807) is 6.92 Å². The normalized spacial score (nSPS) is 9.69. The van der Waals surface area contributed by atoms with Crippen LogP contribution < -0.4 is 4.74 Å². The molecule has 0 aliphatic heterocycles. The summed E-state index contributed by atoms with van der Waals surface area (Å²) in [7, 11) is 0. The number of hydrogen-bond acceptors (Lipinski definition) is 3. The van der Waals surface area contributed by atoms with Crippen molar-refractivity contribution >= 4 is 5.97 Å². The summed E-state index contributed by atoms with van der Waals surface area (Å²) in [5.41, 5.74) is -0.481. The molecule has 0 aliphatic rings. The molecule has 13 heavy (non-hydrogen) atoms. The van der Waals surface area contributed by atoms with Gasteiger partial charge >= 0.3 is 5.97 Å². The molecule has 70 valence electrons. The van der Waals surface area contributed by atoms with E-state index in [9.17, 15) is 9.18 Å². The van der Waals surface area contributed by atoms with Crippen molar-refractivity contribution in [3.8, 4) is 5.75 Å². The highest BCUT2D eigenvalue weighted by atomic mass is 19.1. The lowest BCUT2D eigenvalue weighted by atomic mass is 10.3. The first-order valence-corrected chi connectivity index (χ1v) is 3.66. The Morgan fingerprint density at radius 1 is 1.77 bits per heavy atom. The molecule has 1 rings (SSSR count). The fourth-order valence-corrected chi connectivity index (χ4v) is 0.824. The fraction of sp³-hybridized carbons (Fsp3) is 0.250. The van der Waals surface area contributed by atoms with Crippen molar-refractivity contribution in [2.75, 3.05) is 6.61 Å². The van der Waals surface area contributed by atoms with Crippen molar-refractivity contribution in [3.05, 3.63) is 23.8 Å². The maximum atomic E-state index is 12.7. The molecule has 5 heteroatoms. The van der Waals surface area contributed by atoms with Gasteiger partial charge in [0.25, 0.3) is 0 Å². The molecule has 1 N–H and O–H groups in total. The van der Waals surface area contributed by atoms with Crippen LogP contribution in [0.2, 0.25) is 0 Å². The number of nitrogens with zero attached hydrogens (tertiary/aromatic N) is 1. The Kier molecular flexibility index (Phi) is 2.79. The van der Waals surface area contributed by atoms with Gasteiger partial charge in [0.15, 0.2) is 0 Å². The van der Waals surface area contributed by atoms with Crippen molar-refractivity contribution < 1.29 is 19.0 Å². The zero-order valence-electron chi connectivity index (χ0n) is 6.95. The predicted molar refractivity (Wildman–Crippen MR) is 42.3 cm³/mol. The maximum Gasteiger partial charge on any atom is 0.340 e. The zero-order chi connectivity index (χ0) is 9.84. The molecule has 0 fully saturated rings. The minimum absolute atomic E-state index is 0.251. The highest BCUT2D eigenvalue weighted by molar-refractivity contribution is 5.87. The third-order valence-corrected chi connectivity index (χ3v) is 1.36. The number of hydrogen-bond donors (Lipinski definition) is 1. The monoisotopic (exact) mass is 185 g/mol. The van der Waals surface area contributed by atoms with Crippen molar-refractivity contribution in [2.45, 2.75) is 6.92 Å². The lowest BCUT2D eigenvalue weighted by Gasteiger charge is -2.02. The molecule has 0 bridgehead atoms. The van der Waals surface area contributed by atoms with E-state index < -0.39 is 17.5 Å². The standard InChI is InChI=1S/C8H8FNO3/c1-2-13-5-3-6(8(11)12)7(9)10-4-5/h3-4H,2H2,1H3,(H,11,12). The predicted octanol–water partition coefficient (Wildman–Crippen LogP) is 1.32. The third-order valence-electron chi connectivity index (χ3n) is 1.36. The van der Waals surface area contributed by atoms with Crippen LogP contribution >= 0.6 is 0 Å². The van der Waals surface area contributed by atoms with E-state index in [0.29, 0.717) is 6.61 Å². The average molecular weight is 185 g/mol. The Morgan fingerprint density at radius 2 is 2.46 bits per heavy atom. The van der Waals surface area contributed by atoms with Gasteiger partial charge in [0, 0.05) is 6.07 Å². The van der Waals surface area contributed by atoms with E-state index in [4.69, 9.17) is 9.84 Å². The van der Waals surface area contributed by atoms with E-state index in [0.717, 1.165) is 12.3 Å². The quantitative estimate of drug-likeness (QED) is 0.721. The second-order valence-electron chi connectivity index (χ2n) is 2.25. The first kappa shape index (κ1) is 9.44. The summed E-state index contributed by atoms with van der Waals surface area (Å²) < 4.78 is 17.7. The summed E-state index contributed by atoms with van der Waals surface area (Å²) in [5, 5.41) is 8.52. The van der Waals surface area contributed by atoms with Gasteiger partial charge in [-0.2, -0.15) is 4.39 Å². The van der Waals surface area contributed by atoms with E-state index in [1.165, 1.54) is 0 Å². The lowest BCUT2D eigenvalue weighted by molar-refractivity contribution is 0.0690. The van der Waals surface area contributed by atoms with Gasteiger partial charge in [0.2, 0.25) is 5.95 Å². The summed E-state index contributed by atoms with van der Waals surface area (Å²) in [4.78, 5) is 13.7. The minimum Gasteiger partial charge on any atom is -0.492 e. The van der Waals surface area contributed by atoms with Crippen molar-refractivity contribution in [3.63, 3.8) is 0 Å². The average Bonchev–Trinajstić information content (AvgIpc) is 2.08. The molecular weight excluding hydrogens is 177 g/mol. The number of ether oxygens (including phenoxy) is 1. The van der Waals surface area contributed by atoms with E-state index in [1.807, 2.05) is 0 Å². The van der Waals surface area contributed by atoms with E-state index in [2.05, 4.69) is 4.98 Å². The lowest BCUT2D eigenvalue weighted by Crippen LogP contribution is -2.04. The molecule has 1 aromatic heterocycles. The van der Waals surface area contributed by atoms with Crippen LogP contribution in [0.1, 0.15) is 17.3 Å². The molecule has 1 aromatic rings. The van der Waals surface area contributed by atoms with E-state index in [-0.39, 0.29) is 5.75 Å². The van der Waals surface area contributed by atoms with Gasteiger partial charge in [0.1, 0.15) is 11.3 Å². The van der Waals surface area contributed by atoms with Crippen molar-refractivity contribution in [1.29, 1.82) is 0 Å². The second kappa shape index (κ2) is 3.84. The zero-order valence-corrected chi connectivity index (χ0v) is 6.95. The Labute approximate surface area is 74.0 Å². The first-order valence-electron chi connectivity index (χ1n) is 3.66. The van der Waals surface area contributed by atoms with E-state index >= 15 is 0 Å². The molecule has 0 atom stereocenters. The second-order valence-corrected chi connectivity index (χ2v) is 2.25. The Balaban J connectivity index is 3.04. The van der Waals surface area contributed by atoms with Crippen LogP contribution in [0.15, 0.2) is 12.3 Å². The molecule has 0 radical (unpaired) electrons. The Hall–Kier alpha value is -1.65. The maximum absolute atomic E-state index is 12.7. The van der Waals surface area contributed by atoms with Crippen LogP contribution in [-0.4, -0.2) is 22.7 Å². The molecule has 0 spiro atoms. The highest BCUT2D eigenvalue weighted by Crippen LogP contribution is 2.13. The summed E-state index contributed by atoms with van der Waals surface area (Å²) in [6, 6.07) is 1.11. The number of carboxylic acids is 1. The SMILES string of the molecule is CCOc1cnc(F)c(C(=O)O)c1. The Morgan fingerprint density at radius 3 is 3.00 bits per heavy atom. The molecular formula is C8H8FNO3. The van der Waals surface area contributed by atoms with Crippen LogP contribution in [0.5, 0.6) is 5.75 Å². The van der Waals surface area contributed by atoms with Crippen LogP contribution in [0.4, 0.5) is 4.39 Å². The molecule has 1 heterocycles. The van der Waals surface area contributed by atoms with Crippen molar-refractivity contribution in [1.82, 2.24) is 4.98 Å². The van der Waals surface area contributed by atoms with Crippen LogP contribution in [0, 0.1) is 5.95 Å². The summed E-state index contributed by atoms with van der Waals surface area (Å²) in [5.74, 6) is -2.11. The molecule has 4 nitrogen and oxygen atoms in total. The van der Waals surface area contributed by atoms with Crippen LogP contribution in [0.3, 0.4) is 0 Å². The number of aromatic nitrogens is 1. The first-order chi connectivity index (χ1) is 6.15. The number of carboxylic acid groups (broad SMARTS) is 1. The molecule has 0 aromatic carbocycles. The van der Waals surface area contributed by atoms with Gasteiger partial charge in [-0.25, -0.2) is 9.78 Å². The largest absolute Gasteiger partial charge is 0.492 e. The number of pyridine rings is 1. The van der Waals surface area contributed by atoms with Gasteiger partial charge in [-0.1, -0.05) is 0 Å². The smallest absolute Gasteiger partial charge is 0.340 e. The van der Waals surface area contributed by atoms with Crippen molar-refractivity contribution in [2.24, 2.45) is 0 Å². The fourth-order valence-electron chi connectivity index (χ4n) is 0.824. The number of rotatable bonds is 3. The Bertz CT molecular complexity index is 327. The topological polar surface area (TPSA) is 59.4 Å². The van der Waals surface area contributed by atoms with Gasteiger partial charge in [0.05, 0.1) is 12.8 Å². The highest BCUT2D eigenvalue weighted by Gasteiger charge is 2.12. The van der Waals surface area contributed by atoms with Gasteiger partial charge < -0.3 is 9.84 Å².